The van der Waals surface area contributed by atoms with Crippen LogP contribution in [0.25, 0.3) is 11.0 Å². The van der Waals surface area contributed by atoms with E-state index in [1.807, 2.05) is 32.9 Å². The predicted octanol–water partition coefficient (Wildman–Crippen LogP) is 4.75. The van der Waals surface area contributed by atoms with Crippen molar-refractivity contribution in [3.63, 3.8) is 0 Å². The van der Waals surface area contributed by atoms with Gasteiger partial charge in [-0.15, -0.1) is 0 Å². The van der Waals surface area contributed by atoms with Gasteiger partial charge in [-0.2, -0.15) is 5.26 Å². The molecule has 3 rings (SSSR count). The van der Waals surface area contributed by atoms with Crippen LogP contribution in [0.4, 0.5) is 22.1 Å². The average molecular weight is 491 g/mol. The van der Waals surface area contributed by atoms with Crippen LogP contribution in [0.15, 0.2) is 42.5 Å². The summed E-state index contributed by atoms with van der Waals surface area (Å²) in [6, 6.07) is 13.8. The van der Waals surface area contributed by atoms with E-state index in [1.54, 1.807) is 67.7 Å². The number of nitrogens with zero attached hydrogens (tertiary/aromatic N) is 5. The SMILES string of the molecule is CN(C(=O)CC(C)(C)C)c1ccc2c(c1)nc(NC(=O)N(C)c1cccc(C#N)c1)n2CC(C)(C)O. The average Bonchev–Trinajstić information content (AvgIpc) is 3.11. The zero-order valence-corrected chi connectivity index (χ0v) is 22.0. The number of urea groups is 1. The number of rotatable bonds is 6. The fourth-order valence-corrected chi connectivity index (χ4v) is 3.77. The van der Waals surface area contributed by atoms with Gasteiger partial charge in [0.25, 0.3) is 0 Å². The highest BCUT2D eigenvalue weighted by molar-refractivity contribution is 6.02. The van der Waals surface area contributed by atoms with E-state index in [1.165, 1.54) is 4.90 Å². The summed E-state index contributed by atoms with van der Waals surface area (Å²) in [6.45, 7) is 9.59. The van der Waals surface area contributed by atoms with Gasteiger partial charge in [0.15, 0.2) is 0 Å². The van der Waals surface area contributed by atoms with Gasteiger partial charge < -0.3 is 14.6 Å². The molecule has 0 bridgehead atoms. The Morgan fingerprint density at radius 3 is 2.33 bits per heavy atom. The number of imidazole rings is 1. The standard InChI is InChI=1S/C27H34N6O3/c1-26(2,3)15-23(34)31(6)20-11-12-22-21(14-20)29-24(33(22)17-27(4,5)36)30-25(35)32(7)19-10-8-9-18(13-19)16-28/h8-14,36H,15,17H2,1-7H3,(H,29,30,35). The van der Waals surface area contributed by atoms with Crippen LogP contribution < -0.4 is 15.1 Å². The first-order chi connectivity index (χ1) is 16.7. The first-order valence-corrected chi connectivity index (χ1v) is 11.7. The molecule has 0 spiro atoms. The Morgan fingerprint density at radius 1 is 1.06 bits per heavy atom. The molecule has 1 heterocycles. The number of carbonyl (C=O) groups is 2. The summed E-state index contributed by atoms with van der Waals surface area (Å²) in [4.78, 5) is 33.4. The van der Waals surface area contributed by atoms with Crippen LogP contribution in [0.1, 0.15) is 46.6 Å². The molecule has 1 aromatic heterocycles. The largest absolute Gasteiger partial charge is 0.389 e. The molecule has 9 nitrogen and oxygen atoms in total. The lowest BCUT2D eigenvalue weighted by Crippen LogP contribution is -2.33. The highest BCUT2D eigenvalue weighted by Gasteiger charge is 2.24. The Bertz CT molecular complexity index is 1320. The summed E-state index contributed by atoms with van der Waals surface area (Å²) in [5.41, 5.74) is 1.77. The molecule has 0 unspecified atom stereocenters. The van der Waals surface area contributed by atoms with E-state index in [4.69, 9.17) is 5.26 Å². The lowest BCUT2D eigenvalue weighted by atomic mass is 9.91. The minimum Gasteiger partial charge on any atom is -0.389 e. The smallest absolute Gasteiger partial charge is 0.328 e. The van der Waals surface area contributed by atoms with Crippen molar-refractivity contribution in [3.8, 4) is 6.07 Å². The van der Waals surface area contributed by atoms with Gasteiger partial charge in [-0.05, 0) is 55.7 Å². The quantitative estimate of drug-likeness (QED) is 0.518. The van der Waals surface area contributed by atoms with Crippen molar-refractivity contribution in [2.45, 2.75) is 53.2 Å². The van der Waals surface area contributed by atoms with Crippen molar-refractivity contribution in [1.29, 1.82) is 5.26 Å². The van der Waals surface area contributed by atoms with E-state index in [-0.39, 0.29) is 23.8 Å². The van der Waals surface area contributed by atoms with Crippen LogP contribution in [-0.2, 0) is 11.3 Å². The number of nitriles is 1. The third-order valence-corrected chi connectivity index (χ3v) is 5.61. The molecule has 190 valence electrons. The van der Waals surface area contributed by atoms with Gasteiger partial charge in [-0.25, -0.2) is 9.78 Å². The summed E-state index contributed by atoms with van der Waals surface area (Å²) in [5, 5.41) is 22.5. The van der Waals surface area contributed by atoms with E-state index >= 15 is 0 Å². The first kappa shape index (κ1) is 26.7. The van der Waals surface area contributed by atoms with Gasteiger partial charge in [0.05, 0.1) is 34.8 Å². The summed E-state index contributed by atoms with van der Waals surface area (Å²) in [7, 11) is 3.33. The number of anilines is 3. The molecule has 0 aliphatic rings. The molecule has 3 amide bonds. The third kappa shape index (κ3) is 6.40. The van der Waals surface area contributed by atoms with Crippen LogP contribution in [0.5, 0.6) is 0 Å². The monoisotopic (exact) mass is 490 g/mol. The number of aliphatic hydroxyl groups is 1. The van der Waals surface area contributed by atoms with Crippen molar-refractivity contribution in [1.82, 2.24) is 9.55 Å². The molecule has 0 atom stereocenters. The van der Waals surface area contributed by atoms with Crippen molar-refractivity contribution < 1.29 is 14.7 Å². The number of hydrogen-bond acceptors (Lipinski definition) is 5. The van der Waals surface area contributed by atoms with Crippen molar-refractivity contribution in [2.75, 3.05) is 29.2 Å². The first-order valence-electron chi connectivity index (χ1n) is 11.7. The maximum absolute atomic E-state index is 13.1. The van der Waals surface area contributed by atoms with E-state index in [9.17, 15) is 14.7 Å². The normalized spacial score (nSPS) is 11.8. The summed E-state index contributed by atoms with van der Waals surface area (Å²) >= 11 is 0. The molecule has 3 aromatic rings. The van der Waals surface area contributed by atoms with Gasteiger partial charge in [-0.1, -0.05) is 26.8 Å². The summed E-state index contributed by atoms with van der Waals surface area (Å²) in [6.07, 6.45) is 0.398. The molecule has 36 heavy (non-hydrogen) atoms. The molecule has 2 aromatic carbocycles. The second-order valence-corrected chi connectivity index (χ2v) is 10.8. The molecule has 0 saturated heterocycles. The zero-order valence-electron chi connectivity index (χ0n) is 22.0. The minimum atomic E-state index is -1.07. The Labute approximate surface area is 211 Å². The number of amides is 3. The van der Waals surface area contributed by atoms with Crippen molar-refractivity contribution in [3.05, 3.63) is 48.0 Å². The van der Waals surface area contributed by atoms with Crippen LogP contribution in [-0.4, -0.2) is 46.3 Å². The number of hydrogen-bond donors (Lipinski definition) is 2. The lowest BCUT2D eigenvalue weighted by Gasteiger charge is -2.23. The maximum atomic E-state index is 13.1. The van der Waals surface area contributed by atoms with E-state index in [2.05, 4.69) is 16.4 Å². The van der Waals surface area contributed by atoms with Gasteiger partial charge in [0.1, 0.15) is 0 Å². The fraction of sp³-hybridized carbons (Fsp3) is 0.407. The van der Waals surface area contributed by atoms with Gasteiger partial charge in [0, 0.05) is 31.9 Å². The Balaban J connectivity index is 1.96. The van der Waals surface area contributed by atoms with E-state index in [0.717, 1.165) is 0 Å². The number of aromatic nitrogens is 2. The molecule has 0 aliphatic carbocycles. The summed E-state index contributed by atoms with van der Waals surface area (Å²) < 4.78 is 1.74. The zero-order chi connectivity index (χ0) is 26.8. The second-order valence-electron chi connectivity index (χ2n) is 10.8. The minimum absolute atomic E-state index is 0.00692. The van der Waals surface area contributed by atoms with E-state index < -0.39 is 11.6 Å². The molecular weight excluding hydrogens is 456 g/mol. The number of carbonyl (C=O) groups excluding carboxylic acids is 2. The van der Waals surface area contributed by atoms with Crippen LogP contribution in [0.2, 0.25) is 0 Å². The Kier molecular flexibility index (Phi) is 7.41. The highest BCUT2D eigenvalue weighted by Crippen LogP contribution is 2.28. The topological polar surface area (TPSA) is 114 Å². The molecule has 9 heteroatoms. The van der Waals surface area contributed by atoms with Crippen LogP contribution >= 0.6 is 0 Å². The van der Waals surface area contributed by atoms with Crippen LogP contribution in [0, 0.1) is 16.7 Å². The lowest BCUT2D eigenvalue weighted by molar-refractivity contribution is -0.120. The van der Waals surface area contributed by atoms with Crippen molar-refractivity contribution >= 4 is 40.3 Å². The molecular formula is C27H34N6O3. The second kappa shape index (κ2) is 9.99. The predicted molar refractivity (Wildman–Crippen MR) is 142 cm³/mol. The van der Waals surface area contributed by atoms with Crippen LogP contribution in [0.3, 0.4) is 0 Å². The molecule has 0 saturated carbocycles. The van der Waals surface area contributed by atoms with Gasteiger partial charge in [-0.3, -0.25) is 15.0 Å². The summed E-state index contributed by atoms with van der Waals surface area (Å²) in [5.74, 6) is 0.258. The van der Waals surface area contributed by atoms with Crippen molar-refractivity contribution in [2.24, 2.45) is 5.41 Å². The van der Waals surface area contributed by atoms with E-state index in [0.29, 0.717) is 34.4 Å². The molecule has 0 radical (unpaired) electrons. The Hall–Kier alpha value is -3.90. The number of nitrogens with one attached hydrogen (secondary N) is 1. The highest BCUT2D eigenvalue weighted by atomic mass is 16.3. The fourth-order valence-electron chi connectivity index (χ4n) is 3.77. The van der Waals surface area contributed by atoms with Gasteiger partial charge in [0.2, 0.25) is 11.9 Å². The number of fused-ring (bicyclic) bond motifs is 1. The molecule has 2 N–H and O–H groups in total. The third-order valence-electron chi connectivity index (χ3n) is 5.61. The number of benzene rings is 2. The molecule has 0 aliphatic heterocycles. The van der Waals surface area contributed by atoms with Gasteiger partial charge >= 0.3 is 6.03 Å². The maximum Gasteiger partial charge on any atom is 0.328 e. The Morgan fingerprint density at radius 2 is 1.72 bits per heavy atom. The molecule has 0 fully saturated rings.